The molecule has 3 rings (SSSR count). The third-order valence-electron chi connectivity index (χ3n) is 4.60. The summed E-state index contributed by atoms with van der Waals surface area (Å²) < 4.78 is 27.2. The molecule has 1 aromatic rings. The van der Waals surface area contributed by atoms with Crippen molar-refractivity contribution in [1.82, 2.24) is 4.31 Å². The van der Waals surface area contributed by atoms with E-state index in [-0.39, 0.29) is 28.8 Å². The van der Waals surface area contributed by atoms with Crippen molar-refractivity contribution >= 4 is 16.0 Å². The average Bonchev–Trinajstić information content (AvgIpc) is 3.08. The minimum Gasteiger partial charge on any atom is -0.481 e. The monoisotopic (exact) mass is 320 g/mol. The molecule has 0 spiro atoms. The molecule has 3 atom stereocenters. The lowest BCUT2D eigenvalue weighted by molar-refractivity contribution is -0.138. The normalized spacial score (nSPS) is 27.7. The highest BCUT2D eigenvalue weighted by Crippen LogP contribution is 2.46. The lowest BCUT2D eigenvalue weighted by Crippen LogP contribution is -2.45. The molecule has 1 aliphatic heterocycles. The molecule has 116 valence electrons. The molecule has 22 heavy (non-hydrogen) atoms. The fourth-order valence-corrected chi connectivity index (χ4v) is 5.67. The maximum absolute atomic E-state index is 12.9. The minimum absolute atomic E-state index is 0.0643. The standard InChI is InChI=1S/C15H16N2O4S/c16-9-10-2-1-3-13(6-10)22(20,21)17-12-5-4-11(7-12)14(17)8-15(18)19/h1-3,6,11-12,14H,4-5,7-8H2,(H,18,19)/t11-,12+,14+/m0/s1. The Morgan fingerprint density at radius 1 is 1.41 bits per heavy atom. The topological polar surface area (TPSA) is 98.5 Å². The lowest BCUT2D eigenvalue weighted by atomic mass is 9.97. The summed E-state index contributed by atoms with van der Waals surface area (Å²) in [5, 5.41) is 18.0. The first kappa shape index (κ1) is 15.0. The number of sulfonamides is 1. The number of carboxylic acids is 1. The van der Waals surface area contributed by atoms with Crippen LogP contribution >= 0.6 is 0 Å². The van der Waals surface area contributed by atoms with Gasteiger partial charge in [-0.25, -0.2) is 8.42 Å². The Kier molecular flexibility index (Phi) is 3.67. The fraction of sp³-hybridized carbons (Fsp3) is 0.467. The van der Waals surface area contributed by atoms with E-state index in [0.717, 1.165) is 19.3 Å². The molecule has 2 aliphatic rings. The molecule has 1 N–H and O–H groups in total. The third-order valence-corrected chi connectivity index (χ3v) is 6.57. The van der Waals surface area contributed by atoms with E-state index in [2.05, 4.69) is 0 Å². The summed E-state index contributed by atoms with van der Waals surface area (Å²) in [6.45, 7) is 0. The van der Waals surface area contributed by atoms with E-state index in [0.29, 0.717) is 0 Å². The van der Waals surface area contributed by atoms with E-state index < -0.39 is 22.0 Å². The second kappa shape index (κ2) is 5.38. The first-order chi connectivity index (χ1) is 10.4. The highest BCUT2D eigenvalue weighted by molar-refractivity contribution is 7.89. The highest BCUT2D eigenvalue weighted by Gasteiger charge is 2.51. The zero-order chi connectivity index (χ0) is 15.9. The van der Waals surface area contributed by atoms with Gasteiger partial charge in [-0.15, -0.1) is 0 Å². The van der Waals surface area contributed by atoms with Crippen molar-refractivity contribution in [2.75, 3.05) is 0 Å². The third kappa shape index (κ3) is 2.38. The van der Waals surface area contributed by atoms with Crippen molar-refractivity contribution in [2.45, 2.75) is 42.7 Å². The van der Waals surface area contributed by atoms with Crippen LogP contribution in [0, 0.1) is 17.2 Å². The maximum Gasteiger partial charge on any atom is 0.304 e. The summed E-state index contributed by atoms with van der Waals surface area (Å²) in [5.74, 6) is -0.862. The molecular weight excluding hydrogens is 304 g/mol. The smallest absolute Gasteiger partial charge is 0.304 e. The van der Waals surface area contributed by atoms with Gasteiger partial charge in [0.25, 0.3) is 0 Å². The van der Waals surface area contributed by atoms with Gasteiger partial charge >= 0.3 is 5.97 Å². The molecular formula is C15H16N2O4S. The molecule has 6 nitrogen and oxygen atoms in total. The van der Waals surface area contributed by atoms with Crippen LogP contribution in [-0.4, -0.2) is 35.9 Å². The van der Waals surface area contributed by atoms with Crippen molar-refractivity contribution in [3.63, 3.8) is 0 Å². The molecule has 0 radical (unpaired) electrons. The second-order valence-electron chi connectivity index (χ2n) is 5.87. The van der Waals surface area contributed by atoms with Crippen LogP contribution in [0.1, 0.15) is 31.2 Å². The number of rotatable bonds is 4. The van der Waals surface area contributed by atoms with Gasteiger partial charge in [0, 0.05) is 12.1 Å². The molecule has 7 heteroatoms. The minimum atomic E-state index is -3.78. The lowest BCUT2D eigenvalue weighted by Gasteiger charge is -2.33. The van der Waals surface area contributed by atoms with Crippen molar-refractivity contribution in [1.29, 1.82) is 5.26 Å². The molecule has 1 saturated carbocycles. The zero-order valence-corrected chi connectivity index (χ0v) is 12.7. The van der Waals surface area contributed by atoms with Gasteiger partial charge < -0.3 is 5.11 Å². The van der Waals surface area contributed by atoms with Gasteiger partial charge in [0.15, 0.2) is 0 Å². The summed E-state index contributed by atoms with van der Waals surface area (Å²) in [7, 11) is -3.78. The molecule has 1 heterocycles. The van der Waals surface area contributed by atoms with Crippen molar-refractivity contribution < 1.29 is 18.3 Å². The number of benzene rings is 1. The van der Waals surface area contributed by atoms with Gasteiger partial charge in [0.1, 0.15) is 0 Å². The number of hydrogen-bond donors (Lipinski definition) is 1. The number of nitriles is 1. The molecule has 1 aliphatic carbocycles. The molecule has 0 aromatic heterocycles. The number of aliphatic carboxylic acids is 1. The predicted octanol–water partition coefficient (Wildman–Crippen LogP) is 1.57. The van der Waals surface area contributed by atoms with Crippen LogP contribution in [-0.2, 0) is 14.8 Å². The van der Waals surface area contributed by atoms with Crippen LogP contribution in [0.3, 0.4) is 0 Å². The Bertz CT molecular complexity index is 753. The Labute approximate surface area is 129 Å². The maximum atomic E-state index is 12.9. The van der Waals surface area contributed by atoms with Crippen LogP contribution in [0.25, 0.3) is 0 Å². The molecule has 0 amide bonds. The van der Waals surface area contributed by atoms with Crippen molar-refractivity contribution in [3.8, 4) is 6.07 Å². The van der Waals surface area contributed by atoms with Crippen LogP contribution in [0.15, 0.2) is 29.2 Å². The summed E-state index contributed by atoms with van der Waals surface area (Å²) in [6, 6.07) is 7.21. The van der Waals surface area contributed by atoms with Gasteiger partial charge in [-0.05, 0) is 43.4 Å². The van der Waals surface area contributed by atoms with E-state index in [1.165, 1.54) is 22.5 Å². The number of carbonyl (C=O) groups is 1. The number of piperidine rings is 1. The van der Waals surface area contributed by atoms with E-state index in [1.807, 2.05) is 6.07 Å². The van der Waals surface area contributed by atoms with E-state index in [1.54, 1.807) is 6.07 Å². The number of nitrogens with zero attached hydrogens (tertiary/aromatic N) is 2. The van der Waals surface area contributed by atoms with Gasteiger partial charge in [-0.1, -0.05) is 6.07 Å². The van der Waals surface area contributed by atoms with E-state index in [9.17, 15) is 13.2 Å². The number of carboxylic acid groups (broad SMARTS) is 1. The molecule has 2 bridgehead atoms. The SMILES string of the molecule is N#Cc1cccc(S(=O)(=O)N2[C@@H]3CC[C@@H](C3)[C@H]2CC(=O)O)c1. The molecule has 0 unspecified atom stereocenters. The average molecular weight is 320 g/mol. The largest absolute Gasteiger partial charge is 0.481 e. The first-order valence-electron chi connectivity index (χ1n) is 7.19. The van der Waals surface area contributed by atoms with E-state index in [4.69, 9.17) is 10.4 Å². The Balaban J connectivity index is 2.00. The number of fused-ring (bicyclic) bond motifs is 2. The second-order valence-corrected chi connectivity index (χ2v) is 7.71. The Morgan fingerprint density at radius 2 is 2.18 bits per heavy atom. The molecule has 1 saturated heterocycles. The summed E-state index contributed by atoms with van der Waals surface area (Å²) in [6.07, 6.45) is 2.22. The Morgan fingerprint density at radius 3 is 2.86 bits per heavy atom. The number of hydrogen-bond acceptors (Lipinski definition) is 4. The van der Waals surface area contributed by atoms with Gasteiger partial charge in [-0.3, -0.25) is 4.79 Å². The molecule has 2 fully saturated rings. The fourth-order valence-electron chi connectivity index (χ4n) is 3.71. The van der Waals surface area contributed by atoms with Crippen LogP contribution < -0.4 is 0 Å². The van der Waals surface area contributed by atoms with Crippen LogP contribution in [0.2, 0.25) is 0 Å². The van der Waals surface area contributed by atoms with E-state index >= 15 is 0 Å². The van der Waals surface area contributed by atoms with Crippen molar-refractivity contribution in [2.24, 2.45) is 5.92 Å². The van der Waals surface area contributed by atoms with Gasteiger partial charge in [0.2, 0.25) is 10.0 Å². The summed E-state index contributed by atoms with van der Waals surface area (Å²) in [5.41, 5.74) is 0.278. The van der Waals surface area contributed by atoms with Crippen LogP contribution in [0.4, 0.5) is 0 Å². The summed E-state index contributed by atoms with van der Waals surface area (Å²) >= 11 is 0. The molecule has 1 aromatic carbocycles. The predicted molar refractivity (Wildman–Crippen MR) is 77.4 cm³/mol. The van der Waals surface area contributed by atoms with Gasteiger partial charge in [-0.2, -0.15) is 9.57 Å². The quantitative estimate of drug-likeness (QED) is 0.908. The van der Waals surface area contributed by atoms with Crippen LogP contribution in [0.5, 0.6) is 0 Å². The highest BCUT2D eigenvalue weighted by atomic mass is 32.2. The first-order valence-corrected chi connectivity index (χ1v) is 8.63. The van der Waals surface area contributed by atoms with Gasteiger partial charge in [0.05, 0.1) is 22.9 Å². The van der Waals surface area contributed by atoms with Crippen molar-refractivity contribution in [3.05, 3.63) is 29.8 Å². The zero-order valence-electron chi connectivity index (χ0n) is 11.8. The summed E-state index contributed by atoms with van der Waals surface area (Å²) in [4.78, 5) is 11.1. The Hall–Kier alpha value is -1.91.